The lowest BCUT2D eigenvalue weighted by molar-refractivity contribution is 0.212. The van der Waals surface area contributed by atoms with Gasteiger partial charge in [-0.2, -0.15) is 5.26 Å². The van der Waals surface area contributed by atoms with Crippen molar-refractivity contribution in [1.82, 2.24) is 0 Å². The van der Waals surface area contributed by atoms with Crippen molar-refractivity contribution >= 4 is 5.69 Å². The summed E-state index contributed by atoms with van der Waals surface area (Å²) in [5.74, 6) is 1.63. The van der Waals surface area contributed by atoms with Gasteiger partial charge in [0.05, 0.1) is 11.3 Å². The molecule has 1 N–H and O–H groups in total. The molecule has 1 saturated carbocycles. The lowest BCUT2D eigenvalue weighted by Crippen LogP contribution is -2.38. The molecule has 0 aromatic heterocycles. The SMILES string of the molecule is Cc1cccc(NC2CC(C(C)C)C2)c1C#N. The van der Waals surface area contributed by atoms with Crippen LogP contribution in [0.4, 0.5) is 5.69 Å². The number of hydrogen-bond donors (Lipinski definition) is 1. The van der Waals surface area contributed by atoms with Gasteiger partial charge in [0.1, 0.15) is 6.07 Å². The van der Waals surface area contributed by atoms with E-state index in [1.807, 2.05) is 25.1 Å². The number of nitriles is 1. The topological polar surface area (TPSA) is 35.8 Å². The van der Waals surface area contributed by atoms with Crippen LogP contribution < -0.4 is 5.32 Å². The van der Waals surface area contributed by atoms with E-state index < -0.39 is 0 Å². The smallest absolute Gasteiger partial charge is 0.102 e. The number of benzene rings is 1. The van der Waals surface area contributed by atoms with Crippen LogP contribution in [0.1, 0.15) is 37.8 Å². The maximum atomic E-state index is 9.15. The number of anilines is 1. The summed E-state index contributed by atoms with van der Waals surface area (Å²) in [5, 5.41) is 12.7. The van der Waals surface area contributed by atoms with Crippen LogP contribution >= 0.6 is 0 Å². The summed E-state index contributed by atoms with van der Waals surface area (Å²) >= 11 is 0. The Morgan fingerprint density at radius 2 is 2.06 bits per heavy atom. The van der Waals surface area contributed by atoms with Crippen LogP contribution in [0, 0.1) is 30.1 Å². The molecule has 0 bridgehead atoms. The third kappa shape index (κ3) is 2.44. The Hall–Kier alpha value is -1.49. The van der Waals surface area contributed by atoms with Gasteiger partial charge in [-0.3, -0.25) is 0 Å². The molecule has 0 aliphatic heterocycles. The second kappa shape index (κ2) is 4.79. The van der Waals surface area contributed by atoms with E-state index in [9.17, 15) is 0 Å². The summed E-state index contributed by atoms with van der Waals surface area (Å²) in [7, 11) is 0. The molecule has 1 aliphatic carbocycles. The third-order valence-corrected chi connectivity index (χ3v) is 3.86. The van der Waals surface area contributed by atoms with Crippen molar-refractivity contribution in [2.24, 2.45) is 11.8 Å². The molecular formula is C15H20N2. The van der Waals surface area contributed by atoms with Crippen molar-refractivity contribution in [3.05, 3.63) is 29.3 Å². The highest BCUT2D eigenvalue weighted by atomic mass is 14.9. The summed E-state index contributed by atoms with van der Waals surface area (Å²) in [6, 6.07) is 8.85. The molecule has 1 aromatic rings. The highest BCUT2D eigenvalue weighted by Crippen LogP contribution is 2.36. The van der Waals surface area contributed by atoms with Gasteiger partial charge < -0.3 is 5.32 Å². The molecule has 0 amide bonds. The van der Waals surface area contributed by atoms with Crippen molar-refractivity contribution in [2.45, 2.75) is 39.7 Å². The van der Waals surface area contributed by atoms with E-state index in [0.29, 0.717) is 6.04 Å². The average Bonchev–Trinajstić information content (AvgIpc) is 2.22. The lowest BCUT2D eigenvalue weighted by Gasteiger charge is -2.39. The first-order valence-electron chi connectivity index (χ1n) is 6.38. The van der Waals surface area contributed by atoms with Gasteiger partial charge >= 0.3 is 0 Å². The molecule has 90 valence electrons. The number of nitrogens with one attached hydrogen (secondary N) is 1. The van der Waals surface area contributed by atoms with Crippen molar-refractivity contribution in [3.63, 3.8) is 0 Å². The Morgan fingerprint density at radius 3 is 2.65 bits per heavy atom. The van der Waals surface area contributed by atoms with Crippen molar-refractivity contribution in [3.8, 4) is 6.07 Å². The Kier molecular flexibility index (Phi) is 3.38. The average molecular weight is 228 g/mol. The van der Waals surface area contributed by atoms with Crippen molar-refractivity contribution in [1.29, 1.82) is 5.26 Å². The molecule has 0 heterocycles. The van der Waals surface area contributed by atoms with Gasteiger partial charge in [-0.1, -0.05) is 26.0 Å². The minimum absolute atomic E-state index is 0.552. The van der Waals surface area contributed by atoms with Crippen LogP contribution in [0.15, 0.2) is 18.2 Å². The second-order valence-corrected chi connectivity index (χ2v) is 5.43. The molecule has 1 aromatic carbocycles. The quantitative estimate of drug-likeness (QED) is 0.856. The first-order chi connectivity index (χ1) is 8.11. The van der Waals surface area contributed by atoms with E-state index in [1.165, 1.54) is 12.8 Å². The summed E-state index contributed by atoms with van der Waals surface area (Å²) in [4.78, 5) is 0. The first-order valence-corrected chi connectivity index (χ1v) is 6.38. The van der Waals surface area contributed by atoms with Gasteiger partial charge in [0.25, 0.3) is 0 Å². The van der Waals surface area contributed by atoms with Gasteiger partial charge in [-0.25, -0.2) is 0 Å². The summed E-state index contributed by atoms with van der Waals surface area (Å²) < 4.78 is 0. The van der Waals surface area contributed by atoms with Gasteiger partial charge in [0.15, 0.2) is 0 Å². The van der Waals surface area contributed by atoms with E-state index in [-0.39, 0.29) is 0 Å². The number of rotatable bonds is 3. The van der Waals surface area contributed by atoms with Crippen LogP contribution in [0.25, 0.3) is 0 Å². The van der Waals surface area contributed by atoms with Crippen LogP contribution in [-0.4, -0.2) is 6.04 Å². The standard InChI is InChI=1S/C15H20N2/c1-10(2)12-7-13(8-12)17-15-6-4-5-11(3)14(15)9-16/h4-6,10,12-13,17H,7-8H2,1-3H3. The van der Waals surface area contributed by atoms with Gasteiger partial charge in [-0.15, -0.1) is 0 Å². The van der Waals surface area contributed by atoms with Gasteiger partial charge in [0.2, 0.25) is 0 Å². The van der Waals surface area contributed by atoms with Crippen molar-refractivity contribution in [2.75, 3.05) is 5.32 Å². The van der Waals surface area contributed by atoms with E-state index in [4.69, 9.17) is 5.26 Å². The van der Waals surface area contributed by atoms with E-state index in [1.54, 1.807) is 0 Å². The highest BCUT2D eigenvalue weighted by molar-refractivity contribution is 5.61. The number of hydrogen-bond acceptors (Lipinski definition) is 2. The molecule has 0 radical (unpaired) electrons. The predicted molar refractivity (Wildman–Crippen MR) is 70.9 cm³/mol. The highest BCUT2D eigenvalue weighted by Gasteiger charge is 2.31. The molecule has 2 rings (SSSR count). The second-order valence-electron chi connectivity index (χ2n) is 5.43. The van der Waals surface area contributed by atoms with Crippen LogP contribution in [-0.2, 0) is 0 Å². The van der Waals surface area contributed by atoms with Gasteiger partial charge in [-0.05, 0) is 43.2 Å². The van der Waals surface area contributed by atoms with Crippen LogP contribution in [0.2, 0.25) is 0 Å². The van der Waals surface area contributed by atoms with E-state index in [2.05, 4.69) is 25.2 Å². The first kappa shape index (κ1) is 12.0. The molecule has 2 nitrogen and oxygen atoms in total. The molecule has 0 unspecified atom stereocenters. The van der Waals surface area contributed by atoms with Crippen molar-refractivity contribution < 1.29 is 0 Å². The maximum Gasteiger partial charge on any atom is 0.102 e. The normalized spacial score (nSPS) is 23.0. The molecule has 17 heavy (non-hydrogen) atoms. The van der Waals surface area contributed by atoms with E-state index >= 15 is 0 Å². The predicted octanol–water partition coefficient (Wildman–Crippen LogP) is 3.71. The fraction of sp³-hybridized carbons (Fsp3) is 0.533. The molecule has 1 aliphatic rings. The molecule has 0 atom stereocenters. The summed E-state index contributed by atoms with van der Waals surface area (Å²) in [5.41, 5.74) is 2.84. The molecular weight excluding hydrogens is 208 g/mol. The maximum absolute atomic E-state index is 9.15. The number of nitrogens with zero attached hydrogens (tertiary/aromatic N) is 1. The largest absolute Gasteiger partial charge is 0.381 e. The van der Waals surface area contributed by atoms with Gasteiger partial charge in [0, 0.05) is 6.04 Å². The van der Waals surface area contributed by atoms with E-state index in [0.717, 1.165) is 28.7 Å². The molecule has 1 fully saturated rings. The Labute approximate surface area is 104 Å². The monoisotopic (exact) mass is 228 g/mol. The minimum atomic E-state index is 0.552. The Balaban J connectivity index is 2.02. The number of aryl methyl sites for hydroxylation is 1. The fourth-order valence-electron chi connectivity index (χ4n) is 2.48. The molecule has 0 spiro atoms. The molecule has 0 saturated heterocycles. The molecule has 2 heteroatoms. The summed E-state index contributed by atoms with van der Waals surface area (Å²) in [6.45, 7) is 6.56. The van der Waals surface area contributed by atoms with Crippen LogP contribution in [0.5, 0.6) is 0 Å². The minimum Gasteiger partial charge on any atom is -0.381 e. The Morgan fingerprint density at radius 1 is 1.35 bits per heavy atom. The Bertz CT molecular complexity index is 437. The van der Waals surface area contributed by atoms with Crippen LogP contribution in [0.3, 0.4) is 0 Å². The third-order valence-electron chi connectivity index (χ3n) is 3.86. The fourth-order valence-corrected chi connectivity index (χ4v) is 2.48. The zero-order chi connectivity index (χ0) is 12.4. The lowest BCUT2D eigenvalue weighted by atomic mass is 9.73. The summed E-state index contributed by atoms with van der Waals surface area (Å²) in [6.07, 6.45) is 2.47. The zero-order valence-electron chi connectivity index (χ0n) is 10.8. The zero-order valence-corrected chi connectivity index (χ0v) is 10.8.